The number of nitrogens with one attached hydrogen (secondary N) is 1. The first-order valence-corrected chi connectivity index (χ1v) is 9.12. The molecule has 1 aliphatic rings. The zero-order valence-electron chi connectivity index (χ0n) is 13.3. The van der Waals surface area contributed by atoms with E-state index in [0.717, 1.165) is 22.7 Å². The van der Waals surface area contributed by atoms with Crippen molar-refractivity contribution >= 4 is 15.9 Å². The van der Waals surface area contributed by atoms with Gasteiger partial charge >= 0.3 is 0 Å². The quantitative estimate of drug-likeness (QED) is 0.684. The predicted octanol–water partition coefficient (Wildman–Crippen LogP) is 5.47. The van der Waals surface area contributed by atoms with Crippen molar-refractivity contribution in [2.24, 2.45) is 5.92 Å². The van der Waals surface area contributed by atoms with Crippen molar-refractivity contribution in [2.75, 3.05) is 13.7 Å². The molecule has 1 atom stereocenters. The molecule has 0 heterocycles. The largest absolute Gasteiger partial charge is 0.496 e. The summed E-state index contributed by atoms with van der Waals surface area (Å²) in [7, 11) is 1.72. The van der Waals surface area contributed by atoms with Crippen LogP contribution in [-0.2, 0) is 0 Å². The lowest BCUT2D eigenvalue weighted by Gasteiger charge is -2.28. The number of methoxy groups -OCH3 is 1. The highest BCUT2D eigenvalue weighted by atomic mass is 79.9. The van der Waals surface area contributed by atoms with E-state index in [2.05, 4.69) is 46.4 Å². The summed E-state index contributed by atoms with van der Waals surface area (Å²) >= 11 is 3.63. The molecule has 2 nitrogen and oxygen atoms in total. The van der Waals surface area contributed by atoms with Crippen LogP contribution in [0.3, 0.4) is 0 Å². The zero-order chi connectivity index (χ0) is 15.1. The Morgan fingerprint density at radius 2 is 1.95 bits per heavy atom. The van der Waals surface area contributed by atoms with Crippen molar-refractivity contribution < 1.29 is 4.74 Å². The molecule has 0 aliphatic heterocycles. The van der Waals surface area contributed by atoms with Gasteiger partial charge in [-0.1, -0.05) is 38.7 Å². The molecule has 21 heavy (non-hydrogen) atoms. The van der Waals surface area contributed by atoms with E-state index < -0.39 is 0 Å². The van der Waals surface area contributed by atoms with Crippen LogP contribution in [0.2, 0.25) is 0 Å². The maximum Gasteiger partial charge on any atom is 0.133 e. The van der Waals surface area contributed by atoms with E-state index in [0.29, 0.717) is 6.04 Å². The molecule has 0 radical (unpaired) electrons. The molecule has 0 amide bonds. The normalized spacial score (nSPS) is 18.2. The van der Waals surface area contributed by atoms with Crippen molar-refractivity contribution in [2.45, 2.75) is 57.9 Å². The Labute approximate surface area is 137 Å². The Morgan fingerprint density at radius 1 is 1.24 bits per heavy atom. The van der Waals surface area contributed by atoms with E-state index >= 15 is 0 Å². The fourth-order valence-electron chi connectivity index (χ4n) is 3.38. The highest BCUT2D eigenvalue weighted by Gasteiger charge is 2.24. The maximum atomic E-state index is 5.36. The number of rotatable bonds is 6. The third kappa shape index (κ3) is 4.72. The number of benzene rings is 1. The van der Waals surface area contributed by atoms with Crippen molar-refractivity contribution in [1.82, 2.24) is 5.32 Å². The molecule has 3 heteroatoms. The van der Waals surface area contributed by atoms with Gasteiger partial charge in [0.2, 0.25) is 0 Å². The Hall–Kier alpha value is -0.540. The topological polar surface area (TPSA) is 21.3 Å². The van der Waals surface area contributed by atoms with Crippen LogP contribution in [0.4, 0.5) is 0 Å². The van der Waals surface area contributed by atoms with Gasteiger partial charge in [0.25, 0.3) is 0 Å². The van der Waals surface area contributed by atoms with E-state index in [9.17, 15) is 0 Å². The van der Waals surface area contributed by atoms with Crippen LogP contribution >= 0.6 is 15.9 Å². The average molecular weight is 354 g/mol. The first-order valence-electron chi connectivity index (χ1n) is 8.33. The molecule has 1 fully saturated rings. The SMILES string of the molecule is CCCNC(c1ccc(OC)c(Br)c1)C1CCCCCC1. The van der Waals surface area contributed by atoms with Crippen molar-refractivity contribution in [1.29, 1.82) is 0 Å². The van der Waals surface area contributed by atoms with Crippen molar-refractivity contribution in [3.05, 3.63) is 28.2 Å². The molecule has 2 rings (SSSR count). The van der Waals surface area contributed by atoms with Gasteiger partial charge in [-0.25, -0.2) is 0 Å². The smallest absolute Gasteiger partial charge is 0.133 e. The van der Waals surface area contributed by atoms with E-state index in [1.165, 1.54) is 50.5 Å². The molecule has 0 aromatic heterocycles. The summed E-state index contributed by atoms with van der Waals surface area (Å²) in [6.07, 6.45) is 9.46. The second kappa shape index (κ2) is 8.79. The van der Waals surface area contributed by atoms with Gasteiger partial charge in [0.05, 0.1) is 11.6 Å². The monoisotopic (exact) mass is 353 g/mol. The molecule has 0 spiro atoms. The molecule has 1 aliphatic carbocycles. The molecule has 118 valence electrons. The molecule has 0 saturated heterocycles. The van der Waals surface area contributed by atoms with E-state index in [1.807, 2.05) is 0 Å². The molecule has 1 saturated carbocycles. The van der Waals surface area contributed by atoms with Crippen LogP contribution in [0, 0.1) is 5.92 Å². The number of halogens is 1. The van der Waals surface area contributed by atoms with Crippen LogP contribution in [0.15, 0.2) is 22.7 Å². The fourth-order valence-corrected chi connectivity index (χ4v) is 3.94. The highest BCUT2D eigenvalue weighted by Crippen LogP contribution is 2.36. The van der Waals surface area contributed by atoms with E-state index in [4.69, 9.17) is 4.74 Å². The lowest BCUT2D eigenvalue weighted by Crippen LogP contribution is -2.29. The van der Waals surface area contributed by atoms with Crippen LogP contribution in [0.25, 0.3) is 0 Å². The Kier molecular flexibility index (Phi) is 7.05. The van der Waals surface area contributed by atoms with Gasteiger partial charge in [-0.2, -0.15) is 0 Å². The van der Waals surface area contributed by atoms with E-state index in [1.54, 1.807) is 7.11 Å². The summed E-state index contributed by atoms with van der Waals surface area (Å²) in [5, 5.41) is 3.79. The minimum absolute atomic E-state index is 0.477. The summed E-state index contributed by atoms with van der Waals surface area (Å²) < 4.78 is 6.41. The van der Waals surface area contributed by atoms with Crippen molar-refractivity contribution in [3.8, 4) is 5.75 Å². The molecule has 0 bridgehead atoms. The predicted molar refractivity (Wildman–Crippen MR) is 92.9 cm³/mol. The number of hydrogen-bond acceptors (Lipinski definition) is 2. The number of ether oxygens (including phenoxy) is 1. The van der Waals surface area contributed by atoms with Gasteiger partial charge in [0.15, 0.2) is 0 Å². The van der Waals surface area contributed by atoms with Gasteiger partial charge in [-0.3, -0.25) is 0 Å². The van der Waals surface area contributed by atoms with Crippen LogP contribution < -0.4 is 10.1 Å². The summed E-state index contributed by atoms with van der Waals surface area (Å²) in [6.45, 7) is 3.33. The van der Waals surface area contributed by atoms with Gasteiger partial charge < -0.3 is 10.1 Å². The van der Waals surface area contributed by atoms with Crippen LogP contribution in [0.1, 0.15) is 63.5 Å². The molecular weight excluding hydrogens is 326 g/mol. The average Bonchev–Trinajstić information content (AvgIpc) is 2.77. The third-order valence-electron chi connectivity index (χ3n) is 4.52. The van der Waals surface area contributed by atoms with Crippen LogP contribution in [0.5, 0.6) is 5.75 Å². The summed E-state index contributed by atoms with van der Waals surface area (Å²) in [4.78, 5) is 0. The van der Waals surface area contributed by atoms with Gasteiger partial charge in [0.1, 0.15) is 5.75 Å². The van der Waals surface area contributed by atoms with Crippen LogP contribution in [-0.4, -0.2) is 13.7 Å². The first kappa shape index (κ1) is 16.8. The molecule has 1 N–H and O–H groups in total. The highest BCUT2D eigenvalue weighted by molar-refractivity contribution is 9.10. The van der Waals surface area contributed by atoms with Gasteiger partial charge in [-0.05, 0) is 65.4 Å². The molecular formula is C18H28BrNO. The first-order chi connectivity index (χ1) is 10.3. The summed E-state index contributed by atoms with van der Waals surface area (Å²) in [5.41, 5.74) is 1.39. The maximum absolute atomic E-state index is 5.36. The Bertz CT molecular complexity index is 427. The van der Waals surface area contributed by atoms with E-state index in [-0.39, 0.29) is 0 Å². The third-order valence-corrected chi connectivity index (χ3v) is 5.14. The number of hydrogen-bond donors (Lipinski definition) is 1. The lowest BCUT2D eigenvalue weighted by atomic mass is 9.87. The summed E-state index contributed by atoms with van der Waals surface area (Å²) in [5.74, 6) is 1.67. The summed E-state index contributed by atoms with van der Waals surface area (Å²) in [6, 6.07) is 7.01. The van der Waals surface area contributed by atoms with Gasteiger partial charge in [-0.15, -0.1) is 0 Å². The van der Waals surface area contributed by atoms with Crippen molar-refractivity contribution in [3.63, 3.8) is 0 Å². The Morgan fingerprint density at radius 3 is 2.52 bits per heavy atom. The molecule has 1 aromatic rings. The Balaban J connectivity index is 2.19. The molecule has 1 aromatic carbocycles. The zero-order valence-corrected chi connectivity index (χ0v) is 14.9. The minimum Gasteiger partial charge on any atom is -0.496 e. The minimum atomic E-state index is 0.477. The second-order valence-corrected chi connectivity index (χ2v) is 6.93. The second-order valence-electron chi connectivity index (χ2n) is 6.08. The standard InChI is InChI=1S/C18H28BrNO/c1-3-12-20-18(14-8-6-4-5-7-9-14)15-10-11-17(21-2)16(19)13-15/h10-11,13-14,18,20H,3-9,12H2,1-2H3. The van der Waals surface area contributed by atoms with Gasteiger partial charge in [0, 0.05) is 6.04 Å². The lowest BCUT2D eigenvalue weighted by molar-refractivity contribution is 0.325. The fraction of sp³-hybridized carbons (Fsp3) is 0.667. The molecule has 1 unspecified atom stereocenters.